The third-order valence-corrected chi connectivity index (χ3v) is 3.49. The fraction of sp³-hybridized carbons (Fsp3) is 0.571. The van der Waals surface area contributed by atoms with Crippen molar-refractivity contribution in [3.8, 4) is 6.07 Å². The first-order chi connectivity index (χ1) is 9.33. The normalized spacial score (nSPS) is 17.9. The van der Waals surface area contributed by atoms with Crippen molar-refractivity contribution in [2.45, 2.75) is 13.0 Å². The number of aromatic nitrogens is 1. The van der Waals surface area contributed by atoms with Gasteiger partial charge in [-0.2, -0.15) is 5.26 Å². The molecule has 0 spiro atoms. The van der Waals surface area contributed by atoms with E-state index in [9.17, 15) is 0 Å². The summed E-state index contributed by atoms with van der Waals surface area (Å²) in [6.07, 6.45) is 2.76. The Morgan fingerprint density at radius 2 is 2.05 bits per heavy atom. The Bertz CT molecular complexity index is 443. The highest BCUT2D eigenvalue weighted by Gasteiger charge is 2.15. The lowest BCUT2D eigenvalue weighted by atomic mass is 10.2. The molecule has 1 aliphatic rings. The first-order valence-electron chi connectivity index (χ1n) is 6.73. The third-order valence-electron chi connectivity index (χ3n) is 3.49. The summed E-state index contributed by atoms with van der Waals surface area (Å²) < 4.78 is 0. The topological polar surface area (TPSA) is 63.4 Å². The van der Waals surface area contributed by atoms with Gasteiger partial charge in [0.2, 0.25) is 0 Å². The lowest BCUT2D eigenvalue weighted by molar-refractivity contribution is 0.196. The van der Waals surface area contributed by atoms with Crippen LogP contribution in [-0.2, 0) is 6.54 Å². The predicted molar refractivity (Wildman–Crippen MR) is 72.4 cm³/mol. The summed E-state index contributed by atoms with van der Waals surface area (Å²) in [6.45, 7) is 5.77. The van der Waals surface area contributed by atoms with Gasteiger partial charge in [-0.1, -0.05) is 6.07 Å². The van der Waals surface area contributed by atoms with Crippen molar-refractivity contribution in [2.75, 3.05) is 39.3 Å². The van der Waals surface area contributed by atoms with Crippen LogP contribution in [-0.4, -0.2) is 59.2 Å². The molecule has 0 atom stereocenters. The van der Waals surface area contributed by atoms with Gasteiger partial charge >= 0.3 is 0 Å². The van der Waals surface area contributed by atoms with E-state index in [0.717, 1.165) is 51.3 Å². The molecular weight excluding hydrogens is 240 g/mol. The van der Waals surface area contributed by atoms with Crippen LogP contribution < -0.4 is 0 Å². The predicted octanol–water partition coefficient (Wildman–Crippen LogP) is 0.453. The van der Waals surface area contributed by atoms with Gasteiger partial charge in [0.1, 0.15) is 11.8 Å². The number of aliphatic hydroxyl groups is 1. The quantitative estimate of drug-likeness (QED) is 0.852. The van der Waals surface area contributed by atoms with Gasteiger partial charge in [-0.05, 0) is 25.6 Å². The molecule has 0 aromatic carbocycles. The van der Waals surface area contributed by atoms with Crippen molar-refractivity contribution in [2.24, 2.45) is 0 Å². The summed E-state index contributed by atoms with van der Waals surface area (Å²) in [6, 6.07) is 6.00. The monoisotopic (exact) mass is 260 g/mol. The summed E-state index contributed by atoms with van der Waals surface area (Å²) in [4.78, 5) is 8.74. The number of rotatable bonds is 4. The molecule has 0 saturated carbocycles. The molecule has 0 unspecified atom stereocenters. The number of β-amino-alcohol motifs (C(OH)–C–C–N with tert-alkyl or cyclic N) is 1. The average molecular weight is 260 g/mol. The van der Waals surface area contributed by atoms with Gasteiger partial charge in [0, 0.05) is 37.9 Å². The number of pyridine rings is 1. The number of nitrogens with zero attached hydrogens (tertiary/aromatic N) is 4. The maximum Gasteiger partial charge on any atom is 0.144 e. The molecule has 0 aliphatic carbocycles. The van der Waals surface area contributed by atoms with Crippen LogP contribution in [0.25, 0.3) is 0 Å². The van der Waals surface area contributed by atoms with Gasteiger partial charge in [0.15, 0.2) is 0 Å². The highest BCUT2D eigenvalue weighted by atomic mass is 16.3. The molecule has 1 aromatic rings. The Morgan fingerprint density at radius 1 is 1.26 bits per heavy atom. The van der Waals surface area contributed by atoms with Gasteiger partial charge in [-0.3, -0.25) is 9.80 Å². The molecule has 0 bridgehead atoms. The highest BCUT2D eigenvalue weighted by Crippen LogP contribution is 2.11. The molecule has 0 radical (unpaired) electrons. The molecule has 0 amide bonds. The van der Waals surface area contributed by atoms with Crippen LogP contribution in [0.1, 0.15) is 17.7 Å². The minimum atomic E-state index is 0.223. The maximum atomic E-state index is 9.05. The van der Waals surface area contributed by atoms with Crippen LogP contribution >= 0.6 is 0 Å². The summed E-state index contributed by atoms with van der Waals surface area (Å²) in [7, 11) is 0. The fourth-order valence-electron chi connectivity index (χ4n) is 2.46. The molecule has 5 heteroatoms. The second-order valence-electron chi connectivity index (χ2n) is 4.82. The molecule has 1 aromatic heterocycles. The summed E-state index contributed by atoms with van der Waals surface area (Å²) in [5.41, 5.74) is 1.53. The van der Waals surface area contributed by atoms with E-state index in [1.54, 1.807) is 6.20 Å². The average Bonchev–Trinajstić information content (AvgIpc) is 2.66. The molecule has 2 rings (SSSR count). The van der Waals surface area contributed by atoms with Gasteiger partial charge in [0.05, 0.1) is 6.61 Å². The first kappa shape index (κ1) is 13.9. The zero-order chi connectivity index (χ0) is 13.5. The number of nitriles is 1. The molecule has 1 N–H and O–H groups in total. The molecule has 2 heterocycles. The van der Waals surface area contributed by atoms with Crippen LogP contribution in [0, 0.1) is 11.3 Å². The van der Waals surface area contributed by atoms with E-state index in [1.807, 2.05) is 12.1 Å². The van der Waals surface area contributed by atoms with Crippen molar-refractivity contribution in [1.29, 1.82) is 5.26 Å². The highest BCUT2D eigenvalue weighted by molar-refractivity contribution is 5.30. The number of hydrogen-bond acceptors (Lipinski definition) is 5. The minimum absolute atomic E-state index is 0.223. The standard InChI is InChI=1S/C14H20N4O/c15-11-14-13(3-1-4-16-14)12-18-6-2-5-17(7-8-18)9-10-19/h1,3-4,19H,2,5-10,12H2. The summed E-state index contributed by atoms with van der Waals surface area (Å²) in [5, 5.41) is 18.0. The largest absolute Gasteiger partial charge is 0.395 e. The summed E-state index contributed by atoms with van der Waals surface area (Å²) >= 11 is 0. The molecular formula is C14H20N4O. The molecule has 102 valence electrons. The second-order valence-corrected chi connectivity index (χ2v) is 4.82. The van der Waals surface area contributed by atoms with E-state index >= 15 is 0 Å². The maximum absolute atomic E-state index is 9.05. The van der Waals surface area contributed by atoms with E-state index in [-0.39, 0.29) is 6.61 Å². The van der Waals surface area contributed by atoms with Crippen LogP contribution in [0.3, 0.4) is 0 Å². The Hall–Kier alpha value is -1.48. The lowest BCUT2D eigenvalue weighted by Gasteiger charge is -2.21. The van der Waals surface area contributed by atoms with Crippen LogP contribution in [0.5, 0.6) is 0 Å². The zero-order valence-corrected chi connectivity index (χ0v) is 11.1. The van der Waals surface area contributed by atoms with E-state index < -0.39 is 0 Å². The van der Waals surface area contributed by atoms with Gasteiger partial charge in [-0.25, -0.2) is 4.98 Å². The van der Waals surface area contributed by atoms with Crippen LogP contribution in [0.15, 0.2) is 18.3 Å². The molecule has 1 saturated heterocycles. The van der Waals surface area contributed by atoms with Crippen molar-refractivity contribution >= 4 is 0 Å². The Labute approximate surface area is 114 Å². The SMILES string of the molecule is N#Cc1ncccc1CN1CCCN(CCO)CC1. The second kappa shape index (κ2) is 7.19. The lowest BCUT2D eigenvalue weighted by Crippen LogP contribution is -2.32. The van der Waals surface area contributed by atoms with E-state index in [1.165, 1.54) is 0 Å². The van der Waals surface area contributed by atoms with Gasteiger partial charge in [0.25, 0.3) is 0 Å². The van der Waals surface area contributed by atoms with E-state index in [2.05, 4.69) is 20.9 Å². The fourth-order valence-corrected chi connectivity index (χ4v) is 2.46. The number of aliphatic hydroxyl groups excluding tert-OH is 1. The summed E-state index contributed by atoms with van der Waals surface area (Å²) in [5.74, 6) is 0. The molecule has 19 heavy (non-hydrogen) atoms. The van der Waals surface area contributed by atoms with Gasteiger partial charge < -0.3 is 5.11 Å². The van der Waals surface area contributed by atoms with Crippen molar-refractivity contribution in [3.05, 3.63) is 29.6 Å². The third kappa shape index (κ3) is 4.00. The van der Waals surface area contributed by atoms with E-state index in [4.69, 9.17) is 10.4 Å². The Balaban J connectivity index is 1.94. The zero-order valence-electron chi connectivity index (χ0n) is 11.1. The van der Waals surface area contributed by atoms with Gasteiger partial charge in [-0.15, -0.1) is 0 Å². The Kier molecular flexibility index (Phi) is 5.28. The van der Waals surface area contributed by atoms with Crippen LogP contribution in [0.2, 0.25) is 0 Å². The van der Waals surface area contributed by atoms with E-state index in [0.29, 0.717) is 5.69 Å². The van der Waals surface area contributed by atoms with Crippen molar-refractivity contribution < 1.29 is 5.11 Å². The Morgan fingerprint density at radius 3 is 2.84 bits per heavy atom. The minimum Gasteiger partial charge on any atom is -0.395 e. The van der Waals surface area contributed by atoms with Crippen molar-refractivity contribution in [3.63, 3.8) is 0 Å². The first-order valence-corrected chi connectivity index (χ1v) is 6.73. The van der Waals surface area contributed by atoms with Crippen LogP contribution in [0.4, 0.5) is 0 Å². The number of hydrogen-bond donors (Lipinski definition) is 1. The molecule has 5 nitrogen and oxygen atoms in total. The van der Waals surface area contributed by atoms with Crippen molar-refractivity contribution in [1.82, 2.24) is 14.8 Å². The molecule has 1 aliphatic heterocycles. The molecule has 1 fully saturated rings. The smallest absolute Gasteiger partial charge is 0.144 e.